The molecule has 0 radical (unpaired) electrons. The van der Waals surface area contributed by atoms with Crippen LogP contribution >= 0.6 is 34.9 Å². The maximum absolute atomic E-state index is 11.0. The normalized spacial score (nSPS) is 11.8. The van der Waals surface area contributed by atoms with Crippen LogP contribution < -0.4 is 10.1 Å². The molecule has 0 spiro atoms. The van der Waals surface area contributed by atoms with E-state index in [1.165, 1.54) is 15.6 Å². The first kappa shape index (κ1) is 28.1. The molecule has 0 bridgehead atoms. The predicted molar refractivity (Wildman–Crippen MR) is 149 cm³/mol. The van der Waals surface area contributed by atoms with Crippen molar-refractivity contribution >= 4 is 34.9 Å². The third-order valence-corrected chi connectivity index (χ3v) is 8.12. The Kier molecular flexibility index (Phi) is 11.0. The summed E-state index contributed by atoms with van der Waals surface area (Å²) < 4.78 is 18.4. The van der Waals surface area contributed by atoms with Crippen LogP contribution in [0.5, 0.6) is 5.75 Å². The number of rotatable bonds is 14. The van der Waals surface area contributed by atoms with Crippen molar-refractivity contribution in [1.29, 1.82) is 0 Å². The molecule has 8 heteroatoms. The second-order valence-electron chi connectivity index (χ2n) is 9.20. The number of ether oxygens (including phenoxy) is 1. The Morgan fingerprint density at radius 2 is 1.89 bits per heavy atom. The van der Waals surface area contributed by atoms with Crippen LogP contribution in [0.4, 0.5) is 0 Å². The molecule has 0 aliphatic heterocycles. The van der Waals surface area contributed by atoms with Gasteiger partial charge in [0.1, 0.15) is 5.75 Å². The Morgan fingerprint density at radius 1 is 1.09 bits per heavy atom. The smallest absolute Gasteiger partial charge is 0.325 e. The molecule has 0 aliphatic carbocycles. The van der Waals surface area contributed by atoms with E-state index in [2.05, 4.69) is 70.8 Å². The highest BCUT2D eigenvalue weighted by Crippen LogP contribution is 2.35. The first-order valence-electron chi connectivity index (χ1n) is 12.0. The molecule has 35 heavy (non-hydrogen) atoms. The molecule has 1 heterocycles. The van der Waals surface area contributed by atoms with Gasteiger partial charge >= 0.3 is 7.60 Å². The highest BCUT2D eigenvalue weighted by Gasteiger charge is 2.12. The highest BCUT2D eigenvalue weighted by atomic mass is 79.9. The minimum Gasteiger partial charge on any atom is -0.493 e. The maximum atomic E-state index is 11.0. The summed E-state index contributed by atoms with van der Waals surface area (Å²) in [4.78, 5) is 19.1. The van der Waals surface area contributed by atoms with Gasteiger partial charge in [0.05, 0.1) is 12.8 Å². The predicted octanol–water partition coefficient (Wildman–Crippen LogP) is 7.05. The maximum Gasteiger partial charge on any atom is 0.325 e. The van der Waals surface area contributed by atoms with Crippen molar-refractivity contribution in [2.45, 2.75) is 46.1 Å². The van der Waals surface area contributed by atoms with Crippen LogP contribution in [0.15, 0.2) is 58.4 Å². The highest BCUT2D eigenvalue weighted by molar-refractivity contribution is 9.10. The summed E-state index contributed by atoms with van der Waals surface area (Å²) in [6, 6.07) is 17.0. The number of hydrogen-bond acceptors (Lipinski definition) is 4. The first-order chi connectivity index (χ1) is 16.7. The van der Waals surface area contributed by atoms with Crippen LogP contribution in [0.2, 0.25) is 0 Å². The Balaban J connectivity index is 1.55. The van der Waals surface area contributed by atoms with Crippen molar-refractivity contribution in [2.75, 3.05) is 19.3 Å². The third kappa shape index (κ3) is 9.83. The van der Waals surface area contributed by atoms with Gasteiger partial charge in [-0.2, -0.15) is 0 Å². The fraction of sp³-hybridized carbons (Fsp3) is 0.407. The molecule has 0 atom stereocenters. The molecule has 0 saturated carbocycles. The molecule has 3 N–H and O–H groups in total. The molecule has 3 rings (SSSR count). The molecule has 2 aromatic carbocycles. The van der Waals surface area contributed by atoms with Gasteiger partial charge in [-0.05, 0) is 84.5 Å². The second kappa shape index (κ2) is 13.7. The van der Waals surface area contributed by atoms with Gasteiger partial charge in [-0.25, -0.2) is 0 Å². The molecule has 0 saturated heterocycles. The van der Waals surface area contributed by atoms with Gasteiger partial charge in [0.25, 0.3) is 0 Å². The van der Waals surface area contributed by atoms with Gasteiger partial charge in [-0.3, -0.25) is 4.57 Å². The number of hydrogen-bond donors (Lipinski definition) is 3. The lowest BCUT2D eigenvalue weighted by Crippen LogP contribution is -2.16. The Bertz CT molecular complexity index is 1110. The van der Waals surface area contributed by atoms with E-state index in [9.17, 15) is 4.57 Å². The van der Waals surface area contributed by atoms with Crippen LogP contribution in [0.3, 0.4) is 0 Å². The number of aryl methyl sites for hydroxylation is 1. The molecule has 190 valence electrons. The van der Waals surface area contributed by atoms with Gasteiger partial charge < -0.3 is 19.8 Å². The lowest BCUT2D eigenvalue weighted by Gasteiger charge is -2.14. The summed E-state index contributed by atoms with van der Waals surface area (Å²) in [7, 11) is -3.93. The fourth-order valence-corrected chi connectivity index (χ4v) is 5.80. The Labute approximate surface area is 221 Å². The topological polar surface area (TPSA) is 78.8 Å². The summed E-state index contributed by atoms with van der Waals surface area (Å²) in [6.45, 7) is 6.32. The molecule has 5 nitrogen and oxygen atoms in total. The number of nitrogens with one attached hydrogen (secondary N) is 1. The van der Waals surface area contributed by atoms with E-state index in [0.717, 1.165) is 41.0 Å². The number of benzene rings is 2. The molecule has 0 fully saturated rings. The summed E-state index contributed by atoms with van der Waals surface area (Å²) in [6.07, 6.45) is 3.33. The van der Waals surface area contributed by atoms with Crippen molar-refractivity contribution in [3.63, 3.8) is 0 Å². The minimum atomic E-state index is -3.93. The lowest BCUT2D eigenvalue weighted by molar-refractivity contribution is 0.312. The van der Waals surface area contributed by atoms with Crippen LogP contribution in [-0.4, -0.2) is 29.1 Å². The van der Waals surface area contributed by atoms with Gasteiger partial charge in [0.15, 0.2) is 0 Å². The van der Waals surface area contributed by atoms with Crippen molar-refractivity contribution in [3.05, 3.63) is 75.1 Å². The van der Waals surface area contributed by atoms with Crippen LogP contribution in [0.1, 0.15) is 43.4 Å². The van der Waals surface area contributed by atoms with Crippen molar-refractivity contribution < 1.29 is 19.1 Å². The zero-order valence-corrected chi connectivity index (χ0v) is 23.7. The Morgan fingerprint density at radius 3 is 2.57 bits per heavy atom. The average molecular weight is 581 g/mol. The van der Waals surface area contributed by atoms with Crippen LogP contribution in [0, 0.1) is 5.92 Å². The molecule has 1 aromatic heterocycles. The van der Waals surface area contributed by atoms with Gasteiger partial charge in [-0.1, -0.05) is 54.0 Å². The minimum absolute atomic E-state index is 0.0910. The second-order valence-corrected chi connectivity index (χ2v) is 12.8. The van der Waals surface area contributed by atoms with Gasteiger partial charge in [0.2, 0.25) is 0 Å². The third-order valence-electron chi connectivity index (χ3n) is 5.58. The molecule has 3 aromatic rings. The van der Waals surface area contributed by atoms with E-state index in [1.807, 2.05) is 18.2 Å². The van der Waals surface area contributed by atoms with Crippen LogP contribution in [-0.2, 0) is 24.0 Å². The van der Waals surface area contributed by atoms with E-state index < -0.39 is 7.60 Å². The van der Waals surface area contributed by atoms with E-state index in [-0.39, 0.29) is 6.16 Å². The quantitative estimate of drug-likeness (QED) is 0.141. The largest absolute Gasteiger partial charge is 0.493 e. The van der Waals surface area contributed by atoms with E-state index in [4.69, 9.17) is 14.5 Å². The molecule has 0 unspecified atom stereocenters. The first-order valence-corrected chi connectivity index (χ1v) is 15.5. The lowest BCUT2D eigenvalue weighted by atomic mass is 10.0. The summed E-state index contributed by atoms with van der Waals surface area (Å²) in [5.74, 6) is 1.52. The van der Waals surface area contributed by atoms with Crippen molar-refractivity contribution in [2.24, 2.45) is 5.92 Å². The van der Waals surface area contributed by atoms with Crippen molar-refractivity contribution in [3.8, 4) is 16.2 Å². The fourth-order valence-electron chi connectivity index (χ4n) is 3.89. The zero-order valence-electron chi connectivity index (χ0n) is 20.4. The van der Waals surface area contributed by atoms with Crippen molar-refractivity contribution in [1.82, 2.24) is 5.32 Å². The molecule has 0 aliphatic rings. The SMILES string of the molecule is CC(C)Cc1ccc(CCCOc2ccc(CNCCCP(=O)(O)O)cc2-c2cccs2)cc1Br. The molecule has 0 amide bonds. The zero-order chi connectivity index (χ0) is 25.3. The van der Waals surface area contributed by atoms with E-state index >= 15 is 0 Å². The molecular formula is C27H35BrNO4PS. The number of halogens is 1. The Hall–Kier alpha value is -1.47. The molecular weight excluding hydrogens is 545 g/mol. The van der Waals surface area contributed by atoms with Gasteiger partial charge in [-0.15, -0.1) is 11.3 Å². The summed E-state index contributed by atoms with van der Waals surface area (Å²) in [5, 5.41) is 5.33. The number of thiophene rings is 1. The summed E-state index contributed by atoms with van der Waals surface area (Å²) >= 11 is 5.41. The monoisotopic (exact) mass is 579 g/mol. The van der Waals surface area contributed by atoms with Gasteiger partial charge in [0, 0.05) is 21.5 Å². The van der Waals surface area contributed by atoms with E-state index in [1.54, 1.807) is 11.3 Å². The van der Waals surface area contributed by atoms with E-state index in [0.29, 0.717) is 32.0 Å². The summed E-state index contributed by atoms with van der Waals surface area (Å²) in [5.41, 5.74) is 4.86. The average Bonchev–Trinajstić information content (AvgIpc) is 3.32. The standard InChI is InChI=1S/C27H35BrNO4PS/c1-20(2)16-23-10-8-21(18-25(23)28)6-3-13-33-26-11-9-22(17-24(26)27-7-4-15-35-27)19-29-12-5-14-34(30,31)32/h4,7-11,15,17-18,20,29H,3,5-6,12-14,16,19H2,1-2H3,(H2,30,31,32). The van der Waals surface area contributed by atoms with Crippen LogP contribution in [0.25, 0.3) is 10.4 Å².